The first-order chi connectivity index (χ1) is 7.85. The molecule has 16 heavy (non-hydrogen) atoms. The van der Waals surface area contributed by atoms with Crippen LogP contribution >= 0.6 is 11.6 Å². The normalized spacial score (nSPS) is 10.9. The highest BCUT2D eigenvalue weighted by Crippen LogP contribution is 2.24. The van der Waals surface area contributed by atoms with E-state index in [2.05, 4.69) is 12.1 Å². The van der Waals surface area contributed by atoms with E-state index < -0.39 is 0 Å². The van der Waals surface area contributed by atoms with Crippen molar-refractivity contribution in [2.75, 3.05) is 12.5 Å². The van der Waals surface area contributed by atoms with E-state index in [0.717, 1.165) is 35.3 Å². The van der Waals surface area contributed by atoms with E-state index in [1.807, 2.05) is 18.2 Å². The Hall–Kier alpha value is -1.22. The molecule has 0 unspecified atom stereocenters. The molecular formula is C12H14ClNO2. The quantitative estimate of drug-likeness (QED) is 0.751. The number of nitrogens with zero attached hydrogens (tertiary/aromatic N) is 1. The van der Waals surface area contributed by atoms with Gasteiger partial charge in [-0.3, -0.25) is 0 Å². The predicted molar refractivity (Wildman–Crippen MR) is 64.2 cm³/mol. The number of rotatable bonds is 5. The van der Waals surface area contributed by atoms with E-state index in [4.69, 9.17) is 20.9 Å². The molecule has 0 bridgehead atoms. The molecule has 1 aromatic carbocycles. The lowest BCUT2D eigenvalue weighted by molar-refractivity contribution is 0.317. The zero-order chi connectivity index (χ0) is 11.4. The van der Waals surface area contributed by atoms with Crippen LogP contribution in [0.3, 0.4) is 0 Å². The lowest BCUT2D eigenvalue weighted by Gasteiger charge is -2.02. The lowest BCUT2D eigenvalue weighted by atomic mass is 10.2. The Labute approximate surface area is 99.3 Å². The smallest absolute Gasteiger partial charge is 0.170 e. The minimum Gasteiger partial charge on any atom is -0.493 e. The topological polar surface area (TPSA) is 35.3 Å². The maximum Gasteiger partial charge on any atom is 0.170 e. The van der Waals surface area contributed by atoms with Gasteiger partial charge in [-0.1, -0.05) is 12.1 Å². The first-order valence-corrected chi connectivity index (χ1v) is 5.95. The van der Waals surface area contributed by atoms with Crippen LogP contribution in [0.1, 0.15) is 19.0 Å². The first kappa shape index (κ1) is 11.3. The number of hydrogen-bond acceptors (Lipinski definition) is 3. The van der Waals surface area contributed by atoms with Gasteiger partial charge in [0, 0.05) is 23.8 Å². The second kappa shape index (κ2) is 5.21. The van der Waals surface area contributed by atoms with Crippen LogP contribution < -0.4 is 4.74 Å². The summed E-state index contributed by atoms with van der Waals surface area (Å²) in [5, 5.41) is 5.01. The van der Waals surface area contributed by atoms with Crippen molar-refractivity contribution in [2.24, 2.45) is 0 Å². The van der Waals surface area contributed by atoms with Crippen LogP contribution in [-0.4, -0.2) is 17.6 Å². The fourth-order valence-corrected chi connectivity index (χ4v) is 1.73. The van der Waals surface area contributed by atoms with Crippen molar-refractivity contribution in [1.29, 1.82) is 0 Å². The SMILES string of the molecule is CCCOc1ccc2c(CCCl)noc2c1. The molecule has 0 fully saturated rings. The highest BCUT2D eigenvalue weighted by atomic mass is 35.5. The zero-order valence-corrected chi connectivity index (χ0v) is 9.96. The highest BCUT2D eigenvalue weighted by molar-refractivity contribution is 6.18. The van der Waals surface area contributed by atoms with Crippen LogP contribution in [0.25, 0.3) is 11.0 Å². The number of aromatic nitrogens is 1. The van der Waals surface area contributed by atoms with E-state index >= 15 is 0 Å². The molecule has 0 radical (unpaired) electrons. The van der Waals surface area contributed by atoms with Gasteiger partial charge in [0.25, 0.3) is 0 Å². The molecule has 0 aliphatic heterocycles. The average molecular weight is 240 g/mol. The van der Waals surface area contributed by atoms with Gasteiger partial charge >= 0.3 is 0 Å². The Balaban J connectivity index is 2.26. The van der Waals surface area contributed by atoms with Crippen LogP contribution in [0.15, 0.2) is 22.7 Å². The summed E-state index contributed by atoms with van der Waals surface area (Å²) in [5.41, 5.74) is 1.67. The number of hydrogen-bond donors (Lipinski definition) is 0. The molecule has 0 N–H and O–H groups in total. The van der Waals surface area contributed by atoms with Gasteiger partial charge in [0.1, 0.15) is 5.75 Å². The second-order valence-electron chi connectivity index (χ2n) is 3.57. The number of alkyl halides is 1. The third-order valence-electron chi connectivity index (χ3n) is 2.32. The summed E-state index contributed by atoms with van der Waals surface area (Å²) in [5.74, 6) is 1.37. The predicted octanol–water partition coefficient (Wildman–Crippen LogP) is 3.40. The molecule has 1 heterocycles. The van der Waals surface area contributed by atoms with Gasteiger partial charge in [-0.25, -0.2) is 0 Å². The molecule has 2 rings (SSSR count). The molecule has 1 aromatic heterocycles. The molecule has 4 heteroatoms. The van der Waals surface area contributed by atoms with Crippen LogP contribution in [0.2, 0.25) is 0 Å². The lowest BCUT2D eigenvalue weighted by Crippen LogP contribution is -1.94. The van der Waals surface area contributed by atoms with Gasteiger partial charge in [0.05, 0.1) is 12.3 Å². The fraction of sp³-hybridized carbons (Fsp3) is 0.417. The zero-order valence-electron chi connectivity index (χ0n) is 9.20. The van der Waals surface area contributed by atoms with Crippen molar-refractivity contribution >= 4 is 22.6 Å². The molecule has 0 aliphatic rings. The minimum atomic E-state index is 0.551. The van der Waals surface area contributed by atoms with Gasteiger partial charge in [-0.2, -0.15) is 0 Å². The van der Waals surface area contributed by atoms with E-state index in [1.165, 1.54) is 0 Å². The third-order valence-corrected chi connectivity index (χ3v) is 2.51. The largest absolute Gasteiger partial charge is 0.493 e. The van der Waals surface area contributed by atoms with Gasteiger partial charge in [0.2, 0.25) is 0 Å². The molecule has 0 saturated heterocycles. The van der Waals surface area contributed by atoms with Crippen molar-refractivity contribution in [1.82, 2.24) is 5.16 Å². The summed E-state index contributed by atoms with van der Waals surface area (Å²) in [7, 11) is 0. The Morgan fingerprint density at radius 3 is 3.06 bits per heavy atom. The molecule has 0 aliphatic carbocycles. The number of ether oxygens (including phenoxy) is 1. The van der Waals surface area contributed by atoms with Crippen molar-refractivity contribution in [3.63, 3.8) is 0 Å². The highest BCUT2D eigenvalue weighted by Gasteiger charge is 2.08. The van der Waals surface area contributed by atoms with Gasteiger partial charge in [-0.05, 0) is 18.6 Å². The van der Waals surface area contributed by atoms with Crippen LogP contribution in [0.5, 0.6) is 5.75 Å². The van der Waals surface area contributed by atoms with E-state index in [9.17, 15) is 0 Å². The summed E-state index contributed by atoms with van der Waals surface area (Å²) >= 11 is 5.69. The van der Waals surface area contributed by atoms with Gasteiger partial charge in [-0.15, -0.1) is 11.6 Å². The Kier molecular flexibility index (Phi) is 3.67. The molecule has 0 spiro atoms. The third kappa shape index (κ3) is 2.30. The van der Waals surface area contributed by atoms with Crippen LogP contribution in [0.4, 0.5) is 0 Å². The standard InChI is InChI=1S/C12H14ClNO2/c1-2-7-15-9-3-4-10-11(5-6-13)14-16-12(10)8-9/h3-4,8H,2,5-7H2,1H3. The first-order valence-electron chi connectivity index (χ1n) is 5.42. The summed E-state index contributed by atoms with van der Waals surface area (Å²) in [4.78, 5) is 0. The average Bonchev–Trinajstić information content (AvgIpc) is 2.70. The minimum absolute atomic E-state index is 0.551. The fourth-order valence-electron chi connectivity index (χ4n) is 1.55. The molecular weight excluding hydrogens is 226 g/mol. The molecule has 0 amide bonds. The maximum absolute atomic E-state index is 5.69. The molecule has 0 atom stereocenters. The Bertz CT molecular complexity index is 467. The molecule has 0 saturated carbocycles. The van der Waals surface area contributed by atoms with Crippen LogP contribution in [0, 0.1) is 0 Å². The molecule has 2 aromatic rings. The van der Waals surface area contributed by atoms with Crippen molar-refractivity contribution in [2.45, 2.75) is 19.8 Å². The van der Waals surface area contributed by atoms with Crippen molar-refractivity contribution < 1.29 is 9.26 Å². The van der Waals surface area contributed by atoms with Gasteiger partial charge in [0.15, 0.2) is 5.58 Å². The summed E-state index contributed by atoms with van der Waals surface area (Å²) in [6.07, 6.45) is 1.72. The summed E-state index contributed by atoms with van der Waals surface area (Å²) in [6, 6.07) is 5.78. The maximum atomic E-state index is 5.69. The number of fused-ring (bicyclic) bond motifs is 1. The summed E-state index contributed by atoms with van der Waals surface area (Å²) < 4.78 is 10.8. The van der Waals surface area contributed by atoms with Crippen LogP contribution in [-0.2, 0) is 6.42 Å². The van der Waals surface area contributed by atoms with Crippen molar-refractivity contribution in [3.8, 4) is 5.75 Å². The Morgan fingerprint density at radius 1 is 1.44 bits per heavy atom. The second-order valence-corrected chi connectivity index (χ2v) is 3.95. The summed E-state index contributed by atoms with van der Waals surface area (Å²) in [6.45, 7) is 2.79. The monoisotopic (exact) mass is 239 g/mol. The number of aryl methyl sites for hydroxylation is 1. The van der Waals surface area contributed by atoms with E-state index in [-0.39, 0.29) is 0 Å². The van der Waals surface area contributed by atoms with Gasteiger partial charge < -0.3 is 9.26 Å². The van der Waals surface area contributed by atoms with Crippen molar-refractivity contribution in [3.05, 3.63) is 23.9 Å². The molecule has 3 nitrogen and oxygen atoms in total. The molecule has 86 valence electrons. The van der Waals surface area contributed by atoms with E-state index in [0.29, 0.717) is 12.5 Å². The number of benzene rings is 1. The Morgan fingerprint density at radius 2 is 2.31 bits per heavy atom. The number of halogens is 1. The van der Waals surface area contributed by atoms with E-state index in [1.54, 1.807) is 0 Å².